The molecule has 0 bridgehead atoms. The predicted molar refractivity (Wildman–Crippen MR) is 53.3 cm³/mol. The zero-order chi connectivity index (χ0) is 8.43. The zero-order valence-electron chi connectivity index (χ0n) is 6.48. The summed E-state index contributed by atoms with van der Waals surface area (Å²) in [5.41, 5.74) is 3.20. The molecule has 0 N–H and O–H groups in total. The smallest absolute Gasteiger partial charge is 0.0992 e. The van der Waals surface area contributed by atoms with E-state index in [0.717, 1.165) is 5.56 Å². The molecule has 0 aliphatic carbocycles. The first-order valence-corrected chi connectivity index (χ1v) is 4.40. The molecule has 0 aliphatic heterocycles. The quantitative estimate of drug-likeness (QED) is 0.655. The number of halogens is 1. The van der Waals surface area contributed by atoms with Crippen molar-refractivity contribution in [3.05, 3.63) is 32.4 Å². The molecule has 56 valence electrons. The fourth-order valence-electron chi connectivity index (χ4n) is 0.881. The summed E-state index contributed by atoms with van der Waals surface area (Å²) in [6.07, 6.45) is 0. The van der Waals surface area contributed by atoms with Gasteiger partial charge in [-0.3, -0.25) is 0 Å². The van der Waals surface area contributed by atoms with Crippen molar-refractivity contribution in [3.63, 3.8) is 0 Å². The van der Waals surface area contributed by atoms with Crippen LogP contribution in [0.2, 0.25) is 0 Å². The van der Waals surface area contributed by atoms with E-state index in [1.807, 2.05) is 19.1 Å². The summed E-state index contributed by atoms with van der Waals surface area (Å²) in [4.78, 5) is 0. The number of rotatable bonds is 0. The number of nitrogens with zero attached hydrogens (tertiary/aromatic N) is 1. The van der Waals surface area contributed by atoms with Gasteiger partial charge in [-0.2, -0.15) is 5.26 Å². The number of hydrogen-bond donors (Lipinski definition) is 0. The fraction of sp³-hybridized carbons (Fsp3) is 0.222. The topological polar surface area (TPSA) is 23.8 Å². The lowest BCUT2D eigenvalue weighted by Crippen LogP contribution is -1.87. The van der Waals surface area contributed by atoms with E-state index in [9.17, 15) is 0 Å². The summed E-state index contributed by atoms with van der Waals surface area (Å²) < 4.78 is 1.17. The zero-order valence-corrected chi connectivity index (χ0v) is 8.64. The highest BCUT2D eigenvalue weighted by atomic mass is 127. The second-order valence-electron chi connectivity index (χ2n) is 2.51. The first-order chi connectivity index (χ1) is 5.15. The molecule has 0 unspecified atom stereocenters. The van der Waals surface area contributed by atoms with Gasteiger partial charge in [0.2, 0.25) is 0 Å². The van der Waals surface area contributed by atoms with Crippen LogP contribution < -0.4 is 0 Å². The van der Waals surface area contributed by atoms with Crippen LogP contribution >= 0.6 is 22.6 Å². The van der Waals surface area contributed by atoms with Crippen LogP contribution in [0.1, 0.15) is 16.7 Å². The summed E-state index contributed by atoms with van der Waals surface area (Å²) in [6.45, 7) is 4.09. The second-order valence-corrected chi connectivity index (χ2v) is 3.67. The van der Waals surface area contributed by atoms with Crippen LogP contribution in [0.4, 0.5) is 0 Å². The standard InChI is InChI=1S/C9H8IN/c1-6-3-8(5-11)4-9(10)7(6)2/h3-4H,1-2H3. The van der Waals surface area contributed by atoms with E-state index in [1.54, 1.807) is 0 Å². The van der Waals surface area contributed by atoms with Crippen LogP contribution in [-0.4, -0.2) is 0 Å². The Morgan fingerprint density at radius 1 is 1.36 bits per heavy atom. The van der Waals surface area contributed by atoms with Crippen molar-refractivity contribution in [2.45, 2.75) is 13.8 Å². The fourth-order valence-corrected chi connectivity index (χ4v) is 1.64. The molecule has 0 spiro atoms. The minimum absolute atomic E-state index is 0.748. The number of aryl methyl sites for hydroxylation is 1. The third-order valence-electron chi connectivity index (χ3n) is 1.73. The van der Waals surface area contributed by atoms with E-state index < -0.39 is 0 Å². The molecule has 0 saturated carbocycles. The molecule has 1 aromatic carbocycles. The summed E-state index contributed by atoms with van der Waals surface area (Å²) >= 11 is 2.25. The number of hydrogen-bond acceptors (Lipinski definition) is 1. The predicted octanol–water partition coefficient (Wildman–Crippen LogP) is 2.78. The lowest BCUT2D eigenvalue weighted by molar-refractivity contribution is 1.30. The van der Waals surface area contributed by atoms with Crippen LogP contribution in [0.5, 0.6) is 0 Å². The molecular formula is C9H8IN. The molecule has 1 rings (SSSR count). The lowest BCUT2D eigenvalue weighted by Gasteiger charge is -2.02. The van der Waals surface area contributed by atoms with Gasteiger partial charge >= 0.3 is 0 Å². The molecule has 1 aromatic rings. The Labute approximate surface area is 80.2 Å². The molecular weight excluding hydrogens is 249 g/mol. The number of nitriles is 1. The first kappa shape index (κ1) is 8.54. The van der Waals surface area contributed by atoms with Gasteiger partial charge in [-0.25, -0.2) is 0 Å². The summed E-state index contributed by atoms with van der Waals surface area (Å²) in [5.74, 6) is 0. The molecule has 0 radical (unpaired) electrons. The van der Waals surface area contributed by atoms with E-state index in [2.05, 4.69) is 35.6 Å². The highest BCUT2D eigenvalue weighted by molar-refractivity contribution is 14.1. The van der Waals surface area contributed by atoms with Crippen LogP contribution in [0.25, 0.3) is 0 Å². The van der Waals surface area contributed by atoms with E-state index in [1.165, 1.54) is 14.7 Å². The lowest BCUT2D eigenvalue weighted by atomic mass is 10.1. The Morgan fingerprint density at radius 3 is 2.45 bits per heavy atom. The van der Waals surface area contributed by atoms with Gasteiger partial charge in [-0.1, -0.05) is 0 Å². The maximum absolute atomic E-state index is 8.62. The largest absolute Gasteiger partial charge is 0.192 e. The van der Waals surface area contributed by atoms with E-state index >= 15 is 0 Å². The highest BCUT2D eigenvalue weighted by Gasteiger charge is 2.00. The van der Waals surface area contributed by atoms with Gasteiger partial charge in [0, 0.05) is 3.57 Å². The molecule has 11 heavy (non-hydrogen) atoms. The Balaban J connectivity index is 3.35. The van der Waals surface area contributed by atoms with Gasteiger partial charge in [0.25, 0.3) is 0 Å². The van der Waals surface area contributed by atoms with Crippen LogP contribution in [0.3, 0.4) is 0 Å². The van der Waals surface area contributed by atoms with Crippen molar-refractivity contribution in [1.82, 2.24) is 0 Å². The highest BCUT2D eigenvalue weighted by Crippen LogP contribution is 2.17. The molecule has 0 fully saturated rings. The Kier molecular flexibility index (Phi) is 2.50. The summed E-state index contributed by atoms with van der Waals surface area (Å²) in [7, 11) is 0. The van der Waals surface area contributed by atoms with Crippen molar-refractivity contribution < 1.29 is 0 Å². The van der Waals surface area contributed by atoms with Crippen molar-refractivity contribution in [2.24, 2.45) is 0 Å². The van der Waals surface area contributed by atoms with Crippen molar-refractivity contribution in [1.29, 1.82) is 5.26 Å². The van der Waals surface area contributed by atoms with Crippen LogP contribution in [0.15, 0.2) is 12.1 Å². The molecule has 0 atom stereocenters. The number of benzene rings is 1. The third-order valence-corrected chi connectivity index (χ3v) is 2.85. The van der Waals surface area contributed by atoms with Gasteiger partial charge in [0.1, 0.15) is 0 Å². The molecule has 2 heteroatoms. The Morgan fingerprint density at radius 2 is 2.00 bits per heavy atom. The van der Waals surface area contributed by atoms with E-state index in [0.29, 0.717) is 0 Å². The summed E-state index contributed by atoms with van der Waals surface area (Å²) in [5, 5.41) is 8.62. The molecule has 0 aliphatic rings. The maximum atomic E-state index is 8.62. The van der Waals surface area contributed by atoms with Gasteiger partial charge in [0.15, 0.2) is 0 Å². The van der Waals surface area contributed by atoms with Gasteiger partial charge in [0.05, 0.1) is 11.6 Å². The Hall–Kier alpha value is -0.560. The molecule has 0 saturated heterocycles. The minimum Gasteiger partial charge on any atom is -0.192 e. The molecule has 0 aromatic heterocycles. The SMILES string of the molecule is Cc1cc(C#N)cc(I)c1C. The van der Waals surface area contributed by atoms with Gasteiger partial charge < -0.3 is 0 Å². The van der Waals surface area contributed by atoms with Gasteiger partial charge in [-0.05, 0) is 59.7 Å². The second kappa shape index (κ2) is 3.22. The minimum atomic E-state index is 0.748. The Bertz CT molecular complexity index is 300. The van der Waals surface area contributed by atoms with Crippen LogP contribution in [-0.2, 0) is 0 Å². The van der Waals surface area contributed by atoms with E-state index in [4.69, 9.17) is 5.26 Å². The average Bonchev–Trinajstić information content (AvgIpc) is 1.99. The summed E-state index contributed by atoms with van der Waals surface area (Å²) in [6, 6.07) is 5.95. The molecule has 1 nitrogen and oxygen atoms in total. The van der Waals surface area contributed by atoms with Crippen molar-refractivity contribution in [2.75, 3.05) is 0 Å². The third kappa shape index (κ3) is 1.72. The monoisotopic (exact) mass is 257 g/mol. The maximum Gasteiger partial charge on any atom is 0.0992 e. The normalized spacial score (nSPS) is 9.27. The molecule has 0 amide bonds. The van der Waals surface area contributed by atoms with Crippen LogP contribution in [0, 0.1) is 28.7 Å². The van der Waals surface area contributed by atoms with E-state index in [-0.39, 0.29) is 0 Å². The van der Waals surface area contributed by atoms with Crippen molar-refractivity contribution >= 4 is 22.6 Å². The van der Waals surface area contributed by atoms with Gasteiger partial charge in [-0.15, -0.1) is 0 Å². The first-order valence-electron chi connectivity index (χ1n) is 3.32. The average molecular weight is 257 g/mol. The molecule has 0 heterocycles. The van der Waals surface area contributed by atoms with Crippen molar-refractivity contribution in [3.8, 4) is 6.07 Å².